The predicted octanol–water partition coefficient (Wildman–Crippen LogP) is 3.94. The minimum atomic E-state index is 0.710. The lowest BCUT2D eigenvalue weighted by atomic mass is 9.94. The molecule has 0 unspecified atom stereocenters. The molecule has 0 bridgehead atoms. The maximum absolute atomic E-state index is 5.93. The van der Waals surface area contributed by atoms with Crippen LogP contribution in [0.15, 0.2) is 30.3 Å². The Kier molecular flexibility index (Phi) is 6.52. The zero-order valence-electron chi connectivity index (χ0n) is 11.6. The van der Waals surface area contributed by atoms with Crippen molar-refractivity contribution in [2.24, 2.45) is 0 Å². The largest absolute Gasteiger partial charge is 0.492 e. The third kappa shape index (κ3) is 5.04. The van der Waals surface area contributed by atoms with Crippen molar-refractivity contribution < 1.29 is 4.74 Å². The molecule has 1 aromatic rings. The summed E-state index contributed by atoms with van der Waals surface area (Å²) >= 11 is 5.93. The van der Waals surface area contributed by atoms with Crippen molar-refractivity contribution in [2.75, 3.05) is 25.6 Å². The van der Waals surface area contributed by atoms with E-state index in [0.29, 0.717) is 11.9 Å². The Hall–Kier alpha value is -0.730. The summed E-state index contributed by atoms with van der Waals surface area (Å²) in [5.74, 6) is 1.67. The van der Waals surface area contributed by atoms with Gasteiger partial charge in [0.15, 0.2) is 0 Å². The van der Waals surface area contributed by atoms with Gasteiger partial charge in [0.1, 0.15) is 12.4 Å². The fourth-order valence-corrected chi connectivity index (χ4v) is 3.05. The molecule has 0 spiro atoms. The van der Waals surface area contributed by atoms with Crippen LogP contribution in [0.2, 0.25) is 0 Å². The number of benzene rings is 1. The van der Waals surface area contributed by atoms with Crippen LogP contribution in [0.5, 0.6) is 5.75 Å². The molecule has 1 aliphatic rings. The van der Waals surface area contributed by atoms with Crippen LogP contribution in [-0.2, 0) is 0 Å². The Morgan fingerprint density at radius 3 is 2.47 bits per heavy atom. The minimum Gasteiger partial charge on any atom is -0.492 e. The molecule has 2 rings (SSSR count). The number of rotatable bonds is 7. The van der Waals surface area contributed by atoms with Crippen molar-refractivity contribution in [1.82, 2.24) is 4.90 Å². The van der Waals surface area contributed by atoms with Crippen LogP contribution in [-0.4, -0.2) is 36.5 Å². The van der Waals surface area contributed by atoms with E-state index < -0.39 is 0 Å². The number of hydrogen-bond acceptors (Lipinski definition) is 2. The van der Waals surface area contributed by atoms with Crippen molar-refractivity contribution in [1.29, 1.82) is 0 Å². The summed E-state index contributed by atoms with van der Waals surface area (Å²) < 4.78 is 5.79. The summed E-state index contributed by atoms with van der Waals surface area (Å²) in [5.41, 5.74) is 0. The maximum Gasteiger partial charge on any atom is 0.119 e. The smallest absolute Gasteiger partial charge is 0.119 e. The topological polar surface area (TPSA) is 12.5 Å². The fourth-order valence-electron chi connectivity index (χ4n) is 2.83. The standard InChI is InChI=1S/C16H24ClNO/c17-11-12-18(15-7-3-1-4-8-15)13-14-19-16-9-5-2-6-10-16/h2,5-6,9-10,15H,1,3-4,7-8,11-14H2. The van der Waals surface area contributed by atoms with Gasteiger partial charge in [-0.2, -0.15) is 0 Å². The van der Waals surface area contributed by atoms with Crippen molar-refractivity contribution in [3.05, 3.63) is 30.3 Å². The summed E-state index contributed by atoms with van der Waals surface area (Å²) in [5, 5.41) is 0. The Morgan fingerprint density at radius 1 is 1.05 bits per heavy atom. The number of para-hydroxylation sites is 1. The van der Waals surface area contributed by atoms with E-state index in [1.807, 2.05) is 30.3 Å². The molecular formula is C16H24ClNO. The van der Waals surface area contributed by atoms with Gasteiger partial charge in [-0.1, -0.05) is 37.5 Å². The molecule has 0 aliphatic heterocycles. The normalized spacial score (nSPS) is 16.7. The molecule has 2 nitrogen and oxygen atoms in total. The molecule has 3 heteroatoms. The molecule has 0 aromatic heterocycles. The van der Waals surface area contributed by atoms with E-state index in [9.17, 15) is 0 Å². The molecule has 1 aromatic carbocycles. The van der Waals surface area contributed by atoms with Crippen LogP contribution in [0.4, 0.5) is 0 Å². The lowest BCUT2D eigenvalue weighted by Crippen LogP contribution is -2.40. The quantitative estimate of drug-likeness (QED) is 0.702. The summed E-state index contributed by atoms with van der Waals surface area (Å²) in [7, 11) is 0. The average Bonchev–Trinajstić information content (AvgIpc) is 2.48. The van der Waals surface area contributed by atoms with Gasteiger partial charge >= 0.3 is 0 Å². The highest BCUT2D eigenvalue weighted by molar-refractivity contribution is 6.18. The first-order chi connectivity index (χ1) is 9.40. The van der Waals surface area contributed by atoms with Crippen molar-refractivity contribution >= 4 is 11.6 Å². The molecule has 0 heterocycles. The van der Waals surface area contributed by atoms with Crippen molar-refractivity contribution in [2.45, 2.75) is 38.1 Å². The van der Waals surface area contributed by atoms with E-state index in [2.05, 4.69) is 4.90 Å². The van der Waals surface area contributed by atoms with E-state index in [1.165, 1.54) is 32.1 Å². The highest BCUT2D eigenvalue weighted by atomic mass is 35.5. The molecule has 1 saturated carbocycles. The molecule has 1 fully saturated rings. The highest BCUT2D eigenvalue weighted by Crippen LogP contribution is 2.22. The first kappa shape index (κ1) is 14.7. The van der Waals surface area contributed by atoms with E-state index in [1.54, 1.807) is 0 Å². The van der Waals surface area contributed by atoms with Gasteiger partial charge in [0.25, 0.3) is 0 Å². The summed E-state index contributed by atoms with van der Waals surface area (Å²) in [6.07, 6.45) is 6.77. The Bertz CT molecular complexity index is 338. The van der Waals surface area contributed by atoms with Crippen LogP contribution < -0.4 is 4.74 Å². The fraction of sp³-hybridized carbons (Fsp3) is 0.625. The molecule has 0 radical (unpaired) electrons. The van der Waals surface area contributed by atoms with Gasteiger partial charge in [-0.05, 0) is 25.0 Å². The van der Waals surface area contributed by atoms with Gasteiger partial charge in [-0.3, -0.25) is 4.90 Å². The summed E-state index contributed by atoms with van der Waals surface area (Å²) in [4.78, 5) is 2.51. The van der Waals surface area contributed by atoms with Crippen LogP contribution in [0.25, 0.3) is 0 Å². The maximum atomic E-state index is 5.93. The second-order valence-electron chi connectivity index (χ2n) is 5.18. The molecule has 106 valence electrons. The van der Waals surface area contributed by atoms with E-state index in [-0.39, 0.29) is 0 Å². The first-order valence-corrected chi connectivity index (χ1v) is 7.91. The predicted molar refractivity (Wildman–Crippen MR) is 81.1 cm³/mol. The van der Waals surface area contributed by atoms with Crippen LogP contribution in [0.3, 0.4) is 0 Å². The van der Waals surface area contributed by atoms with Gasteiger partial charge in [0.05, 0.1) is 0 Å². The SMILES string of the molecule is ClCCN(CCOc1ccccc1)C1CCCCC1. The first-order valence-electron chi connectivity index (χ1n) is 7.38. The molecule has 0 saturated heterocycles. The van der Waals surface area contributed by atoms with Crippen LogP contribution in [0.1, 0.15) is 32.1 Å². The van der Waals surface area contributed by atoms with E-state index in [4.69, 9.17) is 16.3 Å². The minimum absolute atomic E-state index is 0.710. The summed E-state index contributed by atoms with van der Waals surface area (Å²) in [6, 6.07) is 10.8. The van der Waals surface area contributed by atoms with Crippen LogP contribution >= 0.6 is 11.6 Å². The Balaban J connectivity index is 1.76. The Labute approximate surface area is 121 Å². The molecular weight excluding hydrogens is 258 g/mol. The molecule has 0 atom stereocenters. The summed E-state index contributed by atoms with van der Waals surface area (Å²) in [6.45, 7) is 2.70. The number of ether oxygens (including phenoxy) is 1. The highest BCUT2D eigenvalue weighted by Gasteiger charge is 2.20. The second-order valence-corrected chi connectivity index (χ2v) is 5.56. The number of nitrogens with zero attached hydrogens (tertiary/aromatic N) is 1. The molecule has 1 aliphatic carbocycles. The lowest BCUT2D eigenvalue weighted by Gasteiger charge is -2.33. The zero-order chi connectivity index (χ0) is 13.3. The van der Waals surface area contributed by atoms with Gasteiger partial charge in [0, 0.05) is 25.0 Å². The lowest BCUT2D eigenvalue weighted by molar-refractivity contribution is 0.137. The zero-order valence-corrected chi connectivity index (χ0v) is 12.3. The van der Waals surface area contributed by atoms with Gasteiger partial charge < -0.3 is 4.74 Å². The average molecular weight is 282 g/mol. The Morgan fingerprint density at radius 2 is 1.79 bits per heavy atom. The molecule has 19 heavy (non-hydrogen) atoms. The molecule has 0 amide bonds. The van der Waals surface area contributed by atoms with E-state index in [0.717, 1.165) is 25.4 Å². The van der Waals surface area contributed by atoms with Gasteiger partial charge in [-0.15, -0.1) is 11.6 Å². The van der Waals surface area contributed by atoms with Crippen molar-refractivity contribution in [3.63, 3.8) is 0 Å². The van der Waals surface area contributed by atoms with Gasteiger partial charge in [-0.25, -0.2) is 0 Å². The molecule has 0 N–H and O–H groups in total. The van der Waals surface area contributed by atoms with Crippen molar-refractivity contribution in [3.8, 4) is 5.75 Å². The van der Waals surface area contributed by atoms with Gasteiger partial charge in [0.2, 0.25) is 0 Å². The monoisotopic (exact) mass is 281 g/mol. The third-order valence-corrected chi connectivity index (χ3v) is 4.02. The number of halogens is 1. The van der Waals surface area contributed by atoms with Crippen LogP contribution in [0, 0.1) is 0 Å². The number of alkyl halides is 1. The third-order valence-electron chi connectivity index (χ3n) is 3.85. The second kappa shape index (κ2) is 8.44. The van der Waals surface area contributed by atoms with E-state index >= 15 is 0 Å². The number of hydrogen-bond donors (Lipinski definition) is 0.